The number of anilines is 1. The molecular formula is C11H13BrCl2N2. The SMILES string of the molecule is Clc1cnc(NCC2CCCC2Cl)c(Br)c1. The minimum absolute atomic E-state index is 0.304. The Hall–Kier alpha value is 0.01000. The van der Waals surface area contributed by atoms with Crippen molar-refractivity contribution in [3.63, 3.8) is 0 Å². The molecule has 5 heteroatoms. The van der Waals surface area contributed by atoms with Gasteiger partial charge in [0.15, 0.2) is 0 Å². The molecule has 1 heterocycles. The van der Waals surface area contributed by atoms with Crippen LogP contribution in [-0.2, 0) is 0 Å². The van der Waals surface area contributed by atoms with Crippen LogP contribution in [0, 0.1) is 5.92 Å². The van der Waals surface area contributed by atoms with Gasteiger partial charge in [0.05, 0.1) is 9.50 Å². The highest BCUT2D eigenvalue weighted by atomic mass is 79.9. The number of hydrogen-bond acceptors (Lipinski definition) is 2. The first kappa shape index (κ1) is 12.5. The molecule has 1 N–H and O–H groups in total. The summed E-state index contributed by atoms with van der Waals surface area (Å²) in [5.41, 5.74) is 0. The van der Waals surface area contributed by atoms with E-state index in [4.69, 9.17) is 23.2 Å². The highest BCUT2D eigenvalue weighted by molar-refractivity contribution is 9.10. The zero-order valence-corrected chi connectivity index (χ0v) is 11.8. The molecule has 0 bridgehead atoms. The van der Waals surface area contributed by atoms with Crippen molar-refractivity contribution in [2.45, 2.75) is 24.6 Å². The molecule has 1 aromatic heterocycles. The van der Waals surface area contributed by atoms with Crippen molar-refractivity contribution in [3.8, 4) is 0 Å². The lowest BCUT2D eigenvalue weighted by molar-refractivity contribution is 0.585. The number of halogens is 3. The van der Waals surface area contributed by atoms with E-state index in [0.717, 1.165) is 23.3 Å². The molecule has 1 saturated carbocycles. The molecule has 2 unspecified atom stereocenters. The Kier molecular flexibility index (Phi) is 4.34. The molecule has 16 heavy (non-hydrogen) atoms. The Morgan fingerprint density at radius 3 is 2.94 bits per heavy atom. The van der Waals surface area contributed by atoms with E-state index < -0.39 is 0 Å². The molecule has 1 aliphatic carbocycles. The number of rotatable bonds is 3. The second kappa shape index (κ2) is 5.56. The zero-order chi connectivity index (χ0) is 11.5. The molecule has 0 amide bonds. The fourth-order valence-corrected chi connectivity index (χ4v) is 3.14. The van der Waals surface area contributed by atoms with Crippen LogP contribution in [0.15, 0.2) is 16.7 Å². The van der Waals surface area contributed by atoms with Gasteiger partial charge in [-0.15, -0.1) is 11.6 Å². The molecule has 2 rings (SSSR count). The van der Waals surface area contributed by atoms with E-state index in [1.165, 1.54) is 12.8 Å². The third-order valence-corrected chi connectivity index (χ3v) is 4.29. The number of hydrogen-bond donors (Lipinski definition) is 1. The smallest absolute Gasteiger partial charge is 0.140 e. The summed E-state index contributed by atoms with van der Waals surface area (Å²) in [5.74, 6) is 1.38. The molecule has 1 aliphatic rings. The molecule has 1 aromatic rings. The number of aromatic nitrogens is 1. The van der Waals surface area contributed by atoms with Gasteiger partial charge in [-0.1, -0.05) is 18.0 Å². The Labute approximate surface area is 114 Å². The van der Waals surface area contributed by atoms with E-state index in [-0.39, 0.29) is 0 Å². The average molecular weight is 324 g/mol. The average Bonchev–Trinajstić information content (AvgIpc) is 2.63. The number of nitrogens with zero attached hydrogens (tertiary/aromatic N) is 1. The summed E-state index contributed by atoms with van der Waals surface area (Å²) in [7, 11) is 0. The summed E-state index contributed by atoms with van der Waals surface area (Å²) < 4.78 is 0.893. The topological polar surface area (TPSA) is 24.9 Å². The van der Waals surface area contributed by atoms with Crippen molar-refractivity contribution < 1.29 is 0 Å². The minimum Gasteiger partial charge on any atom is -0.369 e. The summed E-state index contributed by atoms with van der Waals surface area (Å²) in [6, 6.07) is 1.84. The van der Waals surface area contributed by atoms with Crippen molar-refractivity contribution in [2.75, 3.05) is 11.9 Å². The quantitative estimate of drug-likeness (QED) is 0.838. The van der Waals surface area contributed by atoms with E-state index in [0.29, 0.717) is 16.3 Å². The molecule has 0 saturated heterocycles. The van der Waals surface area contributed by atoms with Crippen LogP contribution in [0.5, 0.6) is 0 Å². The lowest BCUT2D eigenvalue weighted by Crippen LogP contribution is -2.19. The van der Waals surface area contributed by atoms with Gasteiger partial charge < -0.3 is 5.32 Å². The van der Waals surface area contributed by atoms with Gasteiger partial charge >= 0.3 is 0 Å². The van der Waals surface area contributed by atoms with Gasteiger partial charge in [0, 0.05) is 18.1 Å². The van der Waals surface area contributed by atoms with Gasteiger partial charge in [0.25, 0.3) is 0 Å². The fourth-order valence-electron chi connectivity index (χ4n) is 1.99. The van der Waals surface area contributed by atoms with Crippen molar-refractivity contribution in [1.82, 2.24) is 4.98 Å². The molecule has 0 spiro atoms. The van der Waals surface area contributed by atoms with Crippen LogP contribution in [0.2, 0.25) is 5.02 Å². The van der Waals surface area contributed by atoms with Crippen LogP contribution in [0.4, 0.5) is 5.82 Å². The van der Waals surface area contributed by atoms with Gasteiger partial charge in [-0.25, -0.2) is 4.98 Å². The Bertz CT molecular complexity index is 373. The van der Waals surface area contributed by atoms with Crippen LogP contribution >= 0.6 is 39.1 Å². The van der Waals surface area contributed by atoms with E-state index in [2.05, 4.69) is 26.2 Å². The molecule has 88 valence electrons. The van der Waals surface area contributed by atoms with Crippen LogP contribution in [0.25, 0.3) is 0 Å². The number of alkyl halides is 1. The van der Waals surface area contributed by atoms with E-state index in [9.17, 15) is 0 Å². The van der Waals surface area contributed by atoms with E-state index in [1.54, 1.807) is 6.20 Å². The van der Waals surface area contributed by atoms with E-state index >= 15 is 0 Å². The maximum absolute atomic E-state index is 6.22. The van der Waals surface area contributed by atoms with Crippen molar-refractivity contribution in [2.24, 2.45) is 5.92 Å². The molecule has 2 nitrogen and oxygen atoms in total. The first-order valence-electron chi connectivity index (χ1n) is 5.36. The standard InChI is InChI=1S/C11H13BrCl2N2/c12-9-4-8(13)6-16-11(9)15-5-7-2-1-3-10(7)14/h4,6-7,10H,1-3,5H2,(H,15,16). The van der Waals surface area contributed by atoms with Crippen LogP contribution in [0.3, 0.4) is 0 Å². The molecule has 1 fully saturated rings. The van der Waals surface area contributed by atoms with Gasteiger partial charge in [0.1, 0.15) is 5.82 Å². The largest absolute Gasteiger partial charge is 0.369 e. The van der Waals surface area contributed by atoms with Crippen LogP contribution in [-0.4, -0.2) is 16.9 Å². The lowest BCUT2D eigenvalue weighted by atomic mass is 10.1. The van der Waals surface area contributed by atoms with E-state index in [1.807, 2.05) is 6.07 Å². The Morgan fingerprint density at radius 2 is 2.31 bits per heavy atom. The van der Waals surface area contributed by atoms with Gasteiger partial charge in [0.2, 0.25) is 0 Å². The molecule has 2 atom stereocenters. The third-order valence-electron chi connectivity index (χ3n) is 2.91. The van der Waals surface area contributed by atoms with Crippen LogP contribution in [0.1, 0.15) is 19.3 Å². The maximum atomic E-state index is 6.22. The highest BCUT2D eigenvalue weighted by Crippen LogP contribution is 2.31. The summed E-state index contributed by atoms with van der Waals surface area (Å²) in [6.45, 7) is 0.876. The lowest BCUT2D eigenvalue weighted by Gasteiger charge is -2.15. The van der Waals surface area contributed by atoms with Gasteiger partial charge in [-0.2, -0.15) is 0 Å². The zero-order valence-electron chi connectivity index (χ0n) is 8.72. The van der Waals surface area contributed by atoms with Crippen LogP contribution < -0.4 is 5.32 Å². The predicted molar refractivity (Wildman–Crippen MR) is 72.4 cm³/mol. The fraction of sp³-hybridized carbons (Fsp3) is 0.545. The predicted octanol–water partition coefficient (Wildman–Crippen LogP) is 4.32. The maximum Gasteiger partial charge on any atom is 0.140 e. The summed E-state index contributed by atoms with van der Waals surface area (Å²) >= 11 is 15.5. The van der Waals surface area contributed by atoms with Crippen molar-refractivity contribution in [3.05, 3.63) is 21.8 Å². The van der Waals surface area contributed by atoms with Crippen molar-refractivity contribution in [1.29, 1.82) is 0 Å². The summed E-state index contributed by atoms with van der Waals surface area (Å²) in [4.78, 5) is 4.23. The molecule has 0 radical (unpaired) electrons. The highest BCUT2D eigenvalue weighted by Gasteiger charge is 2.25. The summed E-state index contributed by atoms with van der Waals surface area (Å²) in [5, 5.41) is 4.25. The molecular weight excluding hydrogens is 311 g/mol. The Morgan fingerprint density at radius 1 is 1.50 bits per heavy atom. The second-order valence-corrected chi connectivity index (χ2v) is 5.92. The third kappa shape index (κ3) is 3.02. The number of nitrogens with one attached hydrogen (secondary N) is 1. The van der Waals surface area contributed by atoms with Gasteiger partial charge in [-0.05, 0) is 40.8 Å². The monoisotopic (exact) mass is 322 g/mol. The normalized spacial score (nSPS) is 24.7. The number of pyridine rings is 1. The molecule has 0 aliphatic heterocycles. The first-order valence-corrected chi connectivity index (χ1v) is 6.96. The second-order valence-electron chi connectivity index (χ2n) is 4.07. The molecule has 0 aromatic carbocycles. The summed E-state index contributed by atoms with van der Waals surface area (Å²) in [6.07, 6.45) is 5.20. The Balaban J connectivity index is 1.94. The first-order chi connectivity index (χ1) is 7.66. The van der Waals surface area contributed by atoms with Gasteiger partial charge in [-0.3, -0.25) is 0 Å². The van der Waals surface area contributed by atoms with Crippen molar-refractivity contribution >= 4 is 44.9 Å². The minimum atomic E-state index is 0.304.